The number of rotatable bonds is 0. The van der Waals surface area contributed by atoms with Gasteiger partial charge in [-0.05, 0) is 0 Å². The zero-order valence-electron chi connectivity index (χ0n) is 6.36. The zero-order chi connectivity index (χ0) is 0. The Balaban J connectivity index is 0. The van der Waals surface area contributed by atoms with Gasteiger partial charge in [0.1, 0.15) is 0 Å². The summed E-state index contributed by atoms with van der Waals surface area (Å²) >= 11 is 0. The molecule has 0 amide bonds. The van der Waals surface area contributed by atoms with Gasteiger partial charge in [-0.25, -0.2) is 0 Å². The second-order valence-electron chi connectivity index (χ2n) is 0. The molecule has 0 N–H and O–H groups in total. The van der Waals surface area contributed by atoms with Crippen molar-refractivity contribution in [3.63, 3.8) is 0 Å². The summed E-state index contributed by atoms with van der Waals surface area (Å²) in [5.74, 6) is 0. The van der Waals surface area contributed by atoms with E-state index in [4.69, 9.17) is 0 Å². The fourth-order valence-corrected chi connectivity index (χ4v) is 0. The van der Waals surface area contributed by atoms with Gasteiger partial charge in [0.15, 0.2) is 0 Å². The second-order valence-corrected chi connectivity index (χ2v) is 0. The van der Waals surface area contributed by atoms with E-state index < -0.39 is 0 Å². The van der Waals surface area contributed by atoms with Gasteiger partial charge in [-0.1, -0.05) is 0 Å². The van der Waals surface area contributed by atoms with Gasteiger partial charge in [0.2, 0.25) is 0 Å². The first kappa shape index (κ1) is 278. The fourth-order valence-electron chi connectivity index (χ4n) is 0. The molecule has 0 heterocycles. The molecule has 0 atom stereocenters. The van der Waals surface area contributed by atoms with Gasteiger partial charge in [0.05, 0.1) is 0 Å². The minimum absolute atomic E-state index is 0. The molecule has 0 saturated heterocycles. The van der Waals surface area contributed by atoms with Gasteiger partial charge in [-0.2, -0.15) is 0 Å². The van der Waals surface area contributed by atoms with Crippen molar-refractivity contribution < 1.29 is 77.5 Å². The summed E-state index contributed by atoms with van der Waals surface area (Å²) < 4.78 is 0. The van der Waals surface area contributed by atoms with Crippen molar-refractivity contribution in [2.24, 2.45) is 0 Å². The first-order chi connectivity index (χ1) is 0. The van der Waals surface area contributed by atoms with Crippen LogP contribution in [0.4, 0.5) is 0 Å². The summed E-state index contributed by atoms with van der Waals surface area (Å²) in [4.78, 5) is 0. The monoisotopic (exact) mass is 719 g/mol. The molecule has 0 fully saturated rings. The smallest absolute Gasteiger partial charge is 3.00 e. The minimum atomic E-state index is 0. The third-order valence-corrected chi connectivity index (χ3v) is 0. The van der Waals surface area contributed by atoms with Crippen molar-refractivity contribution in [2.75, 3.05) is 0 Å². The molecular formula is Al3Hf3N7. The maximum Gasteiger partial charge on any atom is 4.00 e. The van der Waals surface area contributed by atoms with Crippen LogP contribution in [0.3, 0.4) is 0 Å². The normalized spacial score (nSPS) is 0. The summed E-state index contributed by atoms with van der Waals surface area (Å²) in [6.45, 7) is 0. The Kier molecular flexibility index (Phi) is 4930. The molecule has 0 radical (unpaired) electrons. The van der Waals surface area contributed by atoms with E-state index in [1.807, 2.05) is 0 Å². The van der Waals surface area contributed by atoms with E-state index in [0.717, 1.165) is 0 Å². The topological polar surface area (TPSA) is 214 Å². The molecule has 0 bridgehead atoms. The molecule has 7 nitrogen and oxygen atoms in total. The minimum Gasteiger partial charge on any atom is -3.00 e. The summed E-state index contributed by atoms with van der Waals surface area (Å²) in [6.07, 6.45) is 0. The molecule has 0 aliphatic carbocycles. The first-order valence-electron chi connectivity index (χ1n) is 0. The van der Waals surface area contributed by atoms with Crippen LogP contribution in [0.1, 0.15) is 0 Å². The van der Waals surface area contributed by atoms with Crippen LogP contribution in [0.25, 0.3) is 43.1 Å². The SMILES string of the molecule is [Al+3].[Al+3].[Al+3].[Hf+4].[Hf+4].[Hf+4].[N-3].[N-3].[N-3].[N-3].[N-3].[N-3].[N-3]. The molecule has 0 aromatic rings. The molecule has 0 aromatic carbocycles. The Morgan fingerprint density at radius 1 is 0.231 bits per heavy atom. The molecule has 0 rings (SSSR count). The number of hydrogen-bond donors (Lipinski definition) is 0. The van der Waals surface area contributed by atoms with Crippen molar-refractivity contribution in [2.45, 2.75) is 0 Å². The summed E-state index contributed by atoms with van der Waals surface area (Å²) in [6, 6.07) is 0. The van der Waals surface area contributed by atoms with E-state index in [-0.39, 0.29) is 173 Å². The molecule has 0 aliphatic heterocycles. The van der Waals surface area contributed by atoms with E-state index in [2.05, 4.69) is 0 Å². The van der Waals surface area contributed by atoms with E-state index in [9.17, 15) is 0 Å². The van der Waals surface area contributed by atoms with Gasteiger partial charge in [0.25, 0.3) is 0 Å². The molecule has 0 aromatic heterocycles. The van der Waals surface area contributed by atoms with E-state index in [0.29, 0.717) is 0 Å². The van der Waals surface area contributed by atoms with Crippen LogP contribution in [-0.4, -0.2) is 52.1 Å². The van der Waals surface area contributed by atoms with Crippen molar-refractivity contribution in [3.8, 4) is 0 Å². The zero-order valence-corrected chi connectivity index (χ0v) is 20.6. The molecule has 13 heteroatoms. The molecule has 0 unspecified atom stereocenters. The largest absolute Gasteiger partial charge is 4.00 e. The van der Waals surface area contributed by atoms with E-state index in [1.54, 1.807) is 0 Å². The Morgan fingerprint density at radius 2 is 0.231 bits per heavy atom. The molecule has 13 heavy (non-hydrogen) atoms. The third-order valence-electron chi connectivity index (χ3n) is 0. The summed E-state index contributed by atoms with van der Waals surface area (Å²) in [5, 5.41) is 0. The average Bonchev–Trinajstić information content (AvgIpc) is 0. The Hall–Kier alpha value is 3.93. The predicted octanol–water partition coefficient (Wildman–Crippen LogP) is 0.871. The molecule has 0 saturated carbocycles. The van der Waals surface area contributed by atoms with Crippen LogP contribution < -0.4 is 0 Å². The van der Waals surface area contributed by atoms with Crippen molar-refractivity contribution >= 4 is 52.1 Å². The molecule has 0 spiro atoms. The number of nitrogens with zero attached hydrogens (tertiary/aromatic N) is 7. The third kappa shape index (κ3) is 200. The number of hydrogen-bond acceptors (Lipinski definition) is 0. The van der Waals surface area contributed by atoms with E-state index >= 15 is 0 Å². The Labute approximate surface area is 170 Å². The first-order valence-corrected chi connectivity index (χ1v) is 0. The summed E-state index contributed by atoms with van der Waals surface area (Å²) in [7, 11) is 0. The standard InChI is InChI=1S/3Al.3Hf.7N/q3*+3;3*+4;7*-3. The van der Waals surface area contributed by atoms with Gasteiger partial charge in [-0.15, -0.1) is 0 Å². The maximum absolute atomic E-state index is 0. The van der Waals surface area contributed by atoms with Gasteiger partial charge in [-0.3, -0.25) is 0 Å². The summed E-state index contributed by atoms with van der Waals surface area (Å²) in [5.41, 5.74) is 0. The Bertz CT molecular complexity index is 18.9. The van der Waals surface area contributed by atoms with Gasteiger partial charge >= 0.3 is 130 Å². The quantitative estimate of drug-likeness (QED) is 0.320. The second kappa shape index (κ2) is 230. The van der Waals surface area contributed by atoms with Crippen LogP contribution in [0.15, 0.2) is 0 Å². The predicted molar refractivity (Wildman–Crippen MR) is 40.8 cm³/mol. The Morgan fingerprint density at radius 3 is 0.231 bits per heavy atom. The van der Waals surface area contributed by atoms with Crippen molar-refractivity contribution in [1.82, 2.24) is 0 Å². The molecule has 0 aliphatic rings. The molecule has 56 valence electrons. The molecular weight excluding hydrogens is 714 g/mol. The van der Waals surface area contributed by atoms with Crippen LogP contribution >= 0.6 is 0 Å². The van der Waals surface area contributed by atoms with Crippen molar-refractivity contribution in [1.29, 1.82) is 0 Å². The van der Waals surface area contributed by atoms with Crippen LogP contribution in [-0.2, 0) is 77.5 Å². The maximum atomic E-state index is 0. The van der Waals surface area contributed by atoms with Crippen molar-refractivity contribution in [3.05, 3.63) is 43.1 Å². The fraction of sp³-hybridized carbons (Fsp3) is 0. The van der Waals surface area contributed by atoms with Crippen LogP contribution in [0.2, 0.25) is 0 Å². The van der Waals surface area contributed by atoms with Crippen LogP contribution in [0, 0.1) is 0 Å². The van der Waals surface area contributed by atoms with Gasteiger partial charge in [0, 0.05) is 0 Å². The van der Waals surface area contributed by atoms with Gasteiger partial charge < -0.3 is 43.1 Å². The van der Waals surface area contributed by atoms with E-state index in [1.165, 1.54) is 0 Å². The van der Waals surface area contributed by atoms with Crippen LogP contribution in [0.5, 0.6) is 0 Å². The average molecular weight is 714 g/mol.